The standard InChI is InChI=1S/C21H13NO3S2/c23-19-18(27-21(26)22-19)12-13-5-3-8-15(11-13)25-20(24)17-10-4-7-14-6-1-2-9-16(14)17/h1-12H,(H,22,23,26)/b18-12+. The lowest BCUT2D eigenvalue weighted by atomic mass is 10.0. The first-order valence-corrected chi connectivity index (χ1v) is 9.37. The van der Waals surface area contributed by atoms with Crippen LogP contribution in [0.1, 0.15) is 15.9 Å². The number of esters is 1. The van der Waals surface area contributed by atoms with Gasteiger partial charge in [0.05, 0.1) is 10.5 Å². The van der Waals surface area contributed by atoms with Gasteiger partial charge in [-0.1, -0.05) is 72.5 Å². The van der Waals surface area contributed by atoms with Crippen molar-refractivity contribution in [3.63, 3.8) is 0 Å². The third-order valence-electron chi connectivity index (χ3n) is 4.02. The molecular formula is C21H13NO3S2. The third-order valence-corrected chi connectivity index (χ3v) is 5.18. The molecule has 0 aromatic heterocycles. The molecule has 0 atom stereocenters. The maximum absolute atomic E-state index is 12.7. The van der Waals surface area contributed by atoms with Crippen LogP contribution in [0.25, 0.3) is 16.8 Å². The van der Waals surface area contributed by atoms with Gasteiger partial charge in [0, 0.05) is 0 Å². The molecule has 1 amide bonds. The average molecular weight is 391 g/mol. The second kappa shape index (κ2) is 7.34. The molecule has 3 aromatic carbocycles. The van der Waals surface area contributed by atoms with Gasteiger partial charge in [-0.25, -0.2) is 4.79 Å². The number of thioether (sulfide) groups is 1. The molecular weight excluding hydrogens is 378 g/mol. The van der Waals surface area contributed by atoms with Gasteiger partial charge in [0.25, 0.3) is 5.91 Å². The molecule has 4 rings (SSSR count). The SMILES string of the molecule is O=C1NC(=S)S/C1=C/c1cccc(OC(=O)c2cccc3ccccc23)c1. The molecule has 27 heavy (non-hydrogen) atoms. The van der Waals surface area contributed by atoms with Crippen LogP contribution in [0.5, 0.6) is 5.75 Å². The van der Waals surface area contributed by atoms with Crippen LogP contribution in [0, 0.1) is 0 Å². The Kier molecular flexibility index (Phi) is 4.75. The number of amides is 1. The minimum atomic E-state index is -0.425. The zero-order valence-corrected chi connectivity index (χ0v) is 15.6. The molecule has 1 aliphatic heterocycles. The van der Waals surface area contributed by atoms with E-state index in [1.807, 2.05) is 42.5 Å². The maximum Gasteiger partial charge on any atom is 0.344 e. The first-order chi connectivity index (χ1) is 13.1. The molecule has 0 bridgehead atoms. The van der Waals surface area contributed by atoms with Gasteiger partial charge in [0.2, 0.25) is 0 Å². The number of benzene rings is 3. The lowest BCUT2D eigenvalue weighted by Crippen LogP contribution is -2.17. The fraction of sp³-hybridized carbons (Fsp3) is 0. The van der Waals surface area contributed by atoms with Crippen LogP contribution in [-0.4, -0.2) is 16.2 Å². The number of fused-ring (bicyclic) bond motifs is 1. The van der Waals surface area contributed by atoms with Crippen molar-refractivity contribution >= 4 is 57.0 Å². The van der Waals surface area contributed by atoms with Crippen molar-refractivity contribution in [1.82, 2.24) is 5.32 Å². The molecule has 132 valence electrons. The summed E-state index contributed by atoms with van der Waals surface area (Å²) in [5.74, 6) is -0.234. The van der Waals surface area contributed by atoms with Crippen molar-refractivity contribution in [3.05, 3.63) is 82.8 Å². The highest BCUT2D eigenvalue weighted by Crippen LogP contribution is 2.27. The summed E-state index contributed by atoms with van der Waals surface area (Å²) < 4.78 is 6.00. The van der Waals surface area contributed by atoms with Crippen LogP contribution >= 0.6 is 24.0 Å². The molecule has 1 aliphatic rings. The lowest BCUT2D eigenvalue weighted by Gasteiger charge is -2.08. The minimum Gasteiger partial charge on any atom is -0.423 e. The summed E-state index contributed by atoms with van der Waals surface area (Å²) in [4.78, 5) is 25.0. The van der Waals surface area contributed by atoms with E-state index in [1.54, 1.807) is 30.3 Å². The second-order valence-corrected chi connectivity index (χ2v) is 7.56. The Morgan fingerprint density at radius 1 is 1.04 bits per heavy atom. The number of thiocarbonyl (C=S) groups is 1. The van der Waals surface area contributed by atoms with Gasteiger partial charge < -0.3 is 10.1 Å². The molecule has 4 nitrogen and oxygen atoms in total. The average Bonchev–Trinajstić information content (AvgIpc) is 2.98. The van der Waals surface area contributed by atoms with E-state index in [0.717, 1.165) is 16.3 Å². The molecule has 6 heteroatoms. The van der Waals surface area contributed by atoms with E-state index < -0.39 is 5.97 Å². The first-order valence-electron chi connectivity index (χ1n) is 8.15. The molecule has 3 aromatic rings. The van der Waals surface area contributed by atoms with Gasteiger partial charge in [-0.2, -0.15) is 0 Å². The van der Waals surface area contributed by atoms with Crippen LogP contribution < -0.4 is 10.1 Å². The minimum absolute atomic E-state index is 0.219. The van der Waals surface area contributed by atoms with Gasteiger partial charge in [-0.3, -0.25) is 4.79 Å². The molecule has 1 saturated heterocycles. The van der Waals surface area contributed by atoms with E-state index in [4.69, 9.17) is 17.0 Å². The highest BCUT2D eigenvalue weighted by Gasteiger charge is 2.22. The monoisotopic (exact) mass is 391 g/mol. The molecule has 1 fully saturated rings. The smallest absolute Gasteiger partial charge is 0.344 e. The normalized spacial score (nSPS) is 15.2. The van der Waals surface area contributed by atoms with Crippen molar-refractivity contribution in [2.45, 2.75) is 0 Å². The fourth-order valence-corrected chi connectivity index (χ4v) is 3.85. The van der Waals surface area contributed by atoms with Crippen molar-refractivity contribution in [1.29, 1.82) is 0 Å². The summed E-state index contributed by atoms with van der Waals surface area (Å²) in [5.41, 5.74) is 1.26. The molecule has 0 aliphatic carbocycles. The fourth-order valence-electron chi connectivity index (χ4n) is 2.81. The van der Waals surface area contributed by atoms with E-state index in [0.29, 0.717) is 20.5 Å². The Balaban J connectivity index is 1.60. The van der Waals surface area contributed by atoms with Gasteiger partial charge in [-0.05, 0) is 40.6 Å². The second-order valence-electron chi connectivity index (χ2n) is 5.84. The molecule has 0 unspecified atom stereocenters. The van der Waals surface area contributed by atoms with Crippen LogP contribution in [-0.2, 0) is 4.79 Å². The predicted octanol–water partition coefficient (Wildman–Crippen LogP) is 4.55. The van der Waals surface area contributed by atoms with Crippen LogP contribution in [0.15, 0.2) is 71.6 Å². The summed E-state index contributed by atoms with van der Waals surface area (Å²) in [6, 6.07) is 20.2. The van der Waals surface area contributed by atoms with E-state index >= 15 is 0 Å². The van der Waals surface area contributed by atoms with Crippen molar-refractivity contribution in [3.8, 4) is 5.75 Å². The topological polar surface area (TPSA) is 55.4 Å². The number of ether oxygens (including phenoxy) is 1. The number of hydrogen-bond acceptors (Lipinski definition) is 5. The highest BCUT2D eigenvalue weighted by molar-refractivity contribution is 8.26. The van der Waals surface area contributed by atoms with E-state index in [2.05, 4.69) is 5.32 Å². The zero-order chi connectivity index (χ0) is 18.8. The summed E-state index contributed by atoms with van der Waals surface area (Å²) >= 11 is 6.20. The van der Waals surface area contributed by atoms with E-state index in [1.165, 1.54) is 11.8 Å². The van der Waals surface area contributed by atoms with Gasteiger partial charge in [0.1, 0.15) is 10.1 Å². The number of nitrogens with one attached hydrogen (secondary N) is 1. The van der Waals surface area contributed by atoms with Crippen LogP contribution in [0.3, 0.4) is 0 Å². The maximum atomic E-state index is 12.7. The largest absolute Gasteiger partial charge is 0.423 e. The number of rotatable bonds is 3. The molecule has 0 radical (unpaired) electrons. The van der Waals surface area contributed by atoms with Crippen molar-refractivity contribution < 1.29 is 14.3 Å². The number of carbonyl (C=O) groups is 2. The summed E-state index contributed by atoms with van der Waals surface area (Å²) in [5, 5.41) is 4.40. The van der Waals surface area contributed by atoms with Crippen molar-refractivity contribution in [2.75, 3.05) is 0 Å². The van der Waals surface area contributed by atoms with Gasteiger partial charge >= 0.3 is 5.97 Å². The molecule has 1 heterocycles. The Morgan fingerprint density at radius 2 is 1.81 bits per heavy atom. The Labute approximate surface area is 165 Å². The first kappa shape index (κ1) is 17.5. The molecule has 0 saturated carbocycles. The molecule has 0 spiro atoms. The van der Waals surface area contributed by atoms with Crippen LogP contribution in [0.2, 0.25) is 0 Å². The number of carbonyl (C=O) groups excluding carboxylic acids is 2. The quantitative estimate of drug-likeness (QED) is 0.307. The predicted molar refractivity (Wildman–Crippen MR) is 112 cm³/mol. The highest BCUT2D eigenvalue weighted by atomic mass is 32.2. The van der Waals surface area contributed by atoms with Crippen molar-refractivity contribution in [2.24, 2.45) is 0 Å². The van der Waals surface area contributed by atoms with Crippen LogP contribution in [0.4, 0.5) is 0 Å². The van der Waals surface area contributed by atoms with E-state index in [9.17, 15) is 9.59 Å². The Morgan fingerprint density at radius 3 is 2.63 bits per heavy atom. The summed E-state index contributed by atoms with van der Waals surface area (Å²) in [6.07, 6.45) is 1.72. The molecule has 1 N–H and O–H groups in total. The Bertz CT molecular complexity index is 1120. The Hall–Kier alpha value is -2.96. The van der Waals surface area contributed by atoms with E-state index in [-0.39, 0.29) is 5.91 Å². The zero-order valence-electron chi connectivity index (χ0n) is 14.0. The number of hydrogen-bond donors (Lipinski definition) is 1. The van der Waals surface area contributed by atoms with Gasteiger partial charge in [0.15, 0.2) is 0 Å². The summed E-state index contributed by atoms with van der Waals surface area (Å²) in [7, 11) is 0. The summed E-state index contributed by atoms with van der Waals surface area (Å²) in [6.45, 7) is 0. The van der Waals surface area contributed by atoms with Gasteiger partial charge in [-0.15, -0.1) is 0 Å². The lowest BCUT2D eigenvalue weighted by molar-refractivity contribution is -0.115. The third kappa shape index (κ3) is 3.77.